The number of carbonyl (C=O) groups excluding carboxylic acids is 1. The third-order valence-electron chi connectivity index (χ3n) is 5.20. The molecule has 0 bridgehead atoms. The zero-order chi connectivity index (χ0) is 20.1. The number of aryl methyl sites for hydroxylation is 3. The lowest BCUT2D eigenvalue weighted by Gasteiger charge is -2.21. The molecule has 1 saturated heterocycles. The summed E-state index contributed by atoms with van der Waals surface area (Å²) in [5.41, 5.74) is 1.23. The van der Waals surface area contributed by atoms with Crippen LogP contribution in [0.5, 0.6) is 0 Å². The van der Waals surface area contributed by atoms with Gasteiger partial charge in [-0.3, -0.25) is 4.79 Å². The van der Waals surface area contributed by atoms with Crippen molar-refractivity contribution in [2.45, 2.75) is 37.6 Å². The minimum absolute atomic E-state index is 0.0788. The third-order valence-corrected chi connectivity index (χ3v) is 6.97. The van der Waals surface area contributed by atoms with Crippen LogP contribution in [-0.2, 0) is 28.3 Å². The van der Waals surface area contributed by atoms with Gasteiger partial charge in [-0.05, 0) is 31.7 Å². The van der Waals surface area contributed by atoms with Crippen molar-refractivity contribution in [3.05, 3.63) is 47.9 Å². The molecule has 0 spiro atoms. The summed E-state index contributed by atoms with van der Waals surface area (Å²) in [6.07, 6.45) is 4.34. The molecule has 8 heteroatoms. The maximum Gasteiger partial charge on any atom is 0.262 e. The van der Waals surface area contributed by atoms with Crippen LogP contribution >= 0.6 is 0 Å². The molecule has 1 amide bonds. The zero-order valence-electron chi connectivity index (χ0n) is 16.5. The molecule has 0 N–H and O–H groups in total. The highest BCUT2D eigenvalue weighted by molar-refractivity contribution is 7.89. The van der Waals surface area contributed by atoms with Crippen molar-refractivity contribution in [3.63, 3.8) is 0 Å². The summed E-state index contributed by atoms with van der Waals surface area (Å²) in [6, 6.07) is 10.1. The first kappa shape index (κ1) is 20.5. The first-order valence-corrected chi connectivity index (χ1v) is 11.1. The molecule has 0 aliphatic carbocycles. The van der Waals surface area contributed by atoms with Crippen molar-refractivity contribution in [2.24, 2.45) is 7.05 Å². The van der Waals surface area contributed by atoms with Gasteiger partial charge in [0.15, 0.2) is 5.03 Å². The van der Waals surface area contributed by atoms with E-state index in [0.717, 1.165) is 12.8 Å². The lowest BCUT2D eigenvalue weighted by Crippen LogP contribution is -2.37. The Morgan fingerprint density at radius 1 is 1.11 bits per heavy atom. The van der Waals surface area contributed by atoms with Crippen LogP contribution in [0.1, 0.15) is 30.7 Å². The number of benzene rings is 1. The molecule has 1 fully saturated rings. The summed E-state index contributed by atoms with van der Waals surface area (Å²) in [5, 5.41) is 0.0788. The van der Waals surface area contributed by atoms with Crippen LogP contribution in [0.2, 0.25) is 0 Å². The molecule has 0 atom stereocenters. The number of amides is 1. The van der Waals surface area contributed by atoms with E-state index in [4.69, 9.17) is 0 Å². The fraction of sp³-hybridized carbons (Fsp3) is 0.500. The van der Waals surface area contributed by atoms with E-state index < -0.39 is 10.0 Å². The van der Waals surface area contributed by atoms with E-state index >= 15 is 0 Å². The van der Waals surface area contributed by atoms with Crippen LogP contribution in [0.3, 0.4) is 0 Å². The van der Waals surface area contributed by atoms with Crippen LogP contribution in [0.25, 0.3) is 0 Å². The number of aromatic nitrogens is 2. The molecule has 152 valence electrons. The summed E-state index contributed by atoms with van der Waals surface area (Å²) in [5.74, 6) is 0.757. The van der Waals surface area contributed by atoms with Gasteiger partial charge < -0.3 is 9.47 Å². The third kappa shape index (κ3) is 4.80. The SMILES string of the molecule is Cc1nc(S(=O)(=O)N2CCCN(C(=O)CCCc3ccccc3)CC2)cn1C. The van der Waals surface area contributed by atoms with Gasteiger partial charge in [-0.15, -0.1) is 0 Å². The van der Waals surface area contributed by atoms with Crippen molar-refractivity contribution in [1.29, 1.82) is 0 Å². The highest BCUT2D eigenvalue weighted by Crippen LogP contribution is 2.17. The molecule has 2 heterocycles. The van der Waals surface area contributed by atoms with Gasteiger partial charge in [-0.2, -0.15) is 4.31 Å². The maximum atomic E-state index is 12.9. The number of nitrogens with zero attached hydrogens (tertiary/aromatic N) is 4. The Balaban J connectivity index is 1.54. The Morgan fingerprint density at radius 3 is 2.54 bits per heavy atom. The second-order valence-electron chi connectivity index (χ2n) is 7.21. The molecular formula is C20H28N4O3S. The number of sulfonamides is 1. The predicted molar refractivity (Wildman–Crippen MR) is 107 cm³/mol. The monoisotopic (exact) mass is 404 g/mol. The topological polar surface area (TPSA) is 75.5 Å². The lowest BCUT2D eigenvalue weighted by atomic mass is 10.1. The van der Waals surface area contributed by atoms with E-state index in [0.29, 0.717) is 44.8 Å². The fourth-order valence-corrected chi connectivity index (χ4v) is 4.91. The van der Waals surface area contributed by atoms with Crippen molar-refractivity contribution in [3.8, 4) is 0 Å². The van der Waals surface area contributed by atoms with Gasteiger partial charge in [0.25, 0.3) is 10.0 Å². The highest BCUT2D eigenvalue weighted by Gasteiger charge is 2.30. The quantitative estimate of drug-likeness (QED) is 0.738. The van der Waals surface area contributed by atoms with Gasteiger partial charge in [0, 0.05) is 45.8 Å². The standard InChI is InChI=1S/C20H28N4O3S/c1-17-21-19(16-22(17)2)28(26,27)24-13-7-12-23(14-15-24)20(25)11-6-10-18-8-4-3-5-9-18/h3-5,8-9,16H,6-7,10-15H2,1-2H3. The smallest absolute Gasteiger partial charge is 0.262 e. The molecule has 0 unspecified atom stereocenters. The summed E-state index contributed by atoms with van der Waals surface area (Å²) in [4.78, 5) is 18.5. The average Bonchev–Trinajstić information content (AvgIpc) is 2.88. The fourth-order valence-electron chi connectivity index (χ4n) is 3.41. The number of rotatable bonds is 6. The van der Waals surface area contributed by atoms with E-state index in [1.165, 1.54) is 9.87 Å². The van der Waals surface area contributed by atoms with E-state index in [1.807, 2.05) is 18.2 Å². The molecule has 1 aliphatic heterocycles. The predicted octanol–water partition coefficient (Wildman–Crippen LogP) is 1.97. The number of hydrogen-bond donors (Lipinski definition) is 0. The minimum atomic E-state index is -3.63. The molecule has 28 heavy (non-hydrogen) atoms. The van der Waals surface area contributed by atoms with Crippen LogP contribution in [0.4, 0.5) is 0 Å². The summed E-state index contributed by atoms with van der Waals surface area (Å²) in [7, 11) is -1.85. The van der Waals surface area contributed by atoms with Crippen molar-refractivity contribution < 1.29 is 13.2 Å². The molecule has 7 nitrogen and oxygen atoms in total. The van der Waals surface area contributed by atoms with Gasteiger partial charge in [0.1, 0.15) is 5.82 Å². The van der Waals surface area contributed by atoms with Crippen molar-refractivity contribution in [1.82, 2.24) is 18.8 Å². The Morgan fingerprint density at radius 2 is 1.86 bits per heavy atom. The van der Waals surface area contributed by atoms with Crippen LogP contribution < -0.4 is 0 Å². The van der Waals surface area contributed by atoms with Crippen LogP contribution in [-0.4, -0.2) is 59.3 Å². The summed E-state index contributed by atoms with van der Waals surface area (Å²) in [6.45, 7) is 3.51. The second-order valence-corrected chi connectivity index (χ2v) is 9.10. The average molecular weight is 405 g/mol. The summed E-state index contributed by atoms with van der Waals surface area (Å²) < 4.78 is 28.9. The van der Waals surface area contributed by atoms with Gasteiger partial charge in [-0.1, -0.05) is 30.3 Å². The van der Waals surface area contributed by atoms with Gasteiger partial charge in [0.05, 0.1) is 0 Å². The molecule has 0 saturated carbocycles. The van der Waals surface area contributed by atoms with Crippen molar-refractivity contribution >= 4 is 15.9 Å². The molecule has 0 radical (unpaired) electrons. The van der Waals surface area contributed by atoms with E-state index in [9.17, 15) is 13.2 Å². The molecular weight excluding hydrogens is 376 g/mol. The first-order valence-electron chi connectivity index (χ1n) is 9.70. The molecule has 1 aromatic carbocycles. The Kier molecular flexibility index (Phi) is 6.51. The number of carbonyl (C=O) groups is 1. The Bertz CT molecular complexity index is 889. The molecule has 2 aromatic rings. The van der Waals surface area contributed by atoms with Gasteiger partial charge in [-0.25, -0.2) is 13.4 Å². The van der Waals surface area contributed by atoms with Gasteiger partial charge >= 0.3 is 0 Å². The van der Waals surface area contributed by atoms with E-state index in [2.05, 4.69) is 17.1 Å². The molecule has 1 aliphatic rings. The van der Waals surface area contributed by atoms with Crippen LogP contribution in [0.15, 0.2) is 41.6 Å². The van der Waals surface area contributed by atoms with Gasteiger partial charge in [0.2, 0.25) is 5.91 Å². The zero-order valence-corrected chi connectivity index (χ0v) is 17.4. The molecule has 1 aromatic heterocycles. The Labute approximate surface area is 167 Å². The highest BCUT2D eigenvalue weighted by atomic mass is 32.2. The maximum absolute atomic E-state index is 12.9. The first-order chi connectivity index (χ1) is 13.4. The van der Waals surface area contributed by atoms with Crippen LogP contribution in [0, 0.1) is 6.92 Å². The molecule has 3 rings (SSSR count). The number of imidazole rings is 1. The second kappa shape index (κ2) is 8.87. The Hall–Kier alpha value is -2.19. The number of hydrogen-bond acceptors (Lipinski definition) is 4. The largest absolute Gasteiger partial charge is 0.341 e. The van der Waals surface area contributed by atoms with E-state index in [-0.39, 0.29) is 10.9 Å². The normalized spacial score (nSPS) is 16.1. The summed E-state index contributed by atoms with van der Waals surface area (Å²) >= 11 is 0. The lowest BCUT2D eigenvalue weighted by molar-refractivity contribution is -0.131. The van der Waals surface area contributed by atoms with Crippen molar-refractivity contribution in [2.75, 3.05) is 26.2 Å². The minimum Gasteiger partial charge on any atom is -0.341 e. The van der Waals surface area contributed by atoms with E-state index in [1.54, 1.807) is 29.6 Å².